The Morgan fingerprint density at radius 3 is 2.72 bits per heavy atom. The Kier molecular flexibility index (Phi) is 5.01. The van der Waals surface area contributed by atoms with Gasteiger partial charge in [0.15, 0.2) is 0 Å². The monoisotopic (exact) mass is 465 g/mol. The highest BCUT2D eigenvalue weighted by molar-refractivity contribution is 14.1. The number of nitrogens with one attached hydrogen (secondary N) is 1. The smallest absolute Gasteiger partial charge is 0.141 e. The first kappa shape index (κ1) is 17.8. The van der Waals surface area contributed by atoms with Gasteiger partial charge in [0.05, 0.1) is 39.9 Å². The highest BCUT2D eigenvalue weighted by atomic mass is 127. The van der Waals surface area contributed by atoms with Crippen LogP contribution in [0.15, 0.2) is 43.2 Å². The topological polar surface area (TPSA) is 70.8 Å². The zero-order valence-corrected chi connectivity index (χ0v) is 16.8. The van der Waals surface area contributed by atoms with E-state index in [1.54, 1.807) is 6.33 Å². The van der Waals surface area contributed by atoms with E-state index in [2.05, 4.69) is 44.4 Å². The van der Waals surface area contributed by atoms with Gasteiger partial charge >= 0.3 is 0 Å². The number of aryl methyl sites for hydroxylation is 1. The number of benzene rings is 1. The molecule has 25 heavy (non-hydrogen) atoms. The van der Waals surface area contributed by atoms with Crippen molar-refractivity contribution in [2.75, 3.05) is 10.2 Å². The molecular formula is C18H17ClIN5. The van der Waals surface area contributed by atoms with Gasteiger partial charge in [0.25, 0.3) is 0 Å². The summed E-state index contributed by atoms with van der Waals surface area (Å²) in [4.78, 5) is 12.0. The molecule has 0 amide bonds. The largest absolute Gasteiger partial charge is 0.399 e. The Labute approximate surface area is 165 Å². The maximum absolute atomic E-state index is 6.18. The summed E-state index contributed by atoms with van der Waals surface area (Å²) in [6, 6.07) is 9.64. The summed E-state index contributed by atoms with van der Waals surface area (Å²) in [5.41, 5.74) is 11.9. The molecule has 7 heteroatoms. The standard InChI is InChI=1S/C18H17ClIN5/c1-10-4-5-12(19)6-13(10)18-14(11(2)21)7-16(24-18)15-8-17(25(3)20)23-9-22-15/h4-9,24H,2,21H2,1,3H3. The summed E-state index contributed by atoms with van der Waals surface area (Å²) < 4.78 is 1.90. The van der Waals surface area contributed by atoms with Crippen molar-refractivity contribution in [3.05, 3.63) is 59.4 Å². The Hall–Kier alpha value is -2.06. The van der Waals surface area contributed by atoms with Crippen molar-refractivity contribution in [2.24, 2.45) is 5.73 Å². The number of anilines is 1. The zero-order chi connectivity index (χ0) is 18.1. The average molecular weight is 466 g/mol. The fourth-order valence-electron chi connectivity index (χ4n) is 2.58. The Balaban J connectivity index is 2.17. The normalized spacial score (nSPS) is 10.7. The number of halogens is 2. The molecule has 0 unspecified atom stereocenters. The molecule has 0 aliphatic heterocycles. The highest BCUT2D eigenvalue weighted by Crippen LogP contribution is 2.34. The van der Waals surface area contributed by atoms with E-state index in [4.69, 9.17) is 17.3 Å². The zero-order valence-electron chi connectivity index (χ0n) is 13.8. The number of rotatable bonds is 4. The molecule has 0 aliphatic rings. The van der Waals surface area contributed by atoms with E-state index in [-0.39, 0.29) is 0 Å². The van der Waals surface area contributed by atoms with Crippen LogP contribution in [0, 0.1) is 6.92 Å². The lowest BCUT2D eigenvalue weighted by molar-refractivity contribution is 1.13. The second kappa shape index (κ2) is 7.05. The maximum Gasteiger partial charge on any atom is 0.141 e. The van der Waals surface area contributed by atoms with Crippen LogP contribution in [-0.2, 0) is 0 Å². The summed E-state index contributed by atoms with van der Waals surface area (Å²) in [5.74, 6) is 0.814. The van der Waals surface area contributed by atoms with Crippen LogP contribution in [-0.4, -0.2) is 22.0 Å². The van der Waals surface area contributed by atoms with E-state index in [9.17, 15) is 0 Å². The Morgan fingerprint density at radius 1 is 1.28 bits per heavy atom. The van der Waals surface area contributed by atoms with Gasteiger partial charge in [-0.2, -0.15) is 0 Å². The molecule has 2 aromatic heterocycles. The summed E-state index contributed by atoms with van der Waals surface area (Å²) in [6.45, 7) is 5.93. The molecule has 0 fully saturated rings. The van der Waals surface area contributed by atoms with Crippen LogP contribution in [0.1, 0.15) is 11.1 Å². The van der Waals surface area contributed by atoms with Crippen LogP contribution in [0.2, 0.25) is 5.02 Å². The van der Waals surface area contributed by atoms with Gasteiger partial charge in [0.1, 0.15) is 12.1 Å². The van der Waals surface area contributed by atoms with E-state index in [0.717, 1.165) is 39.6 Å². The maximum atomic E-state index is 6.18. The summed E-state index contributed by atoms with van der Waals surface area (Å²) in [7, 11) is 1.93. The van der Waals surface area contributed by atoms with Crippen molar-refractivity contribution in [1.82, 2.24) is 15.0 Å². The van der Waals surface area contributed by atoms with Crippen LogP contribution in [0.4, 0.5) is 5.82 Å². The third-order valence-electron chi connectivity index (χ3n) is 3.88. The molecule has 128 valence electrons. The fraction of sp³-hybridized carbons (Fsp3) is 0.111. The molecule has 0 bridgehead atoms. The molecule has 0 atom stereocenters. The van der Waals surface area contributed by atoms with Crippen LogP contribution in [0.5, 0.6) is 0 Å². The number of H-pyrrole nitrogens is 1. The van der Waals surface area contributed by atoms with Gasteiger partial charge in [-0.25, -0.2) is 9.97 Å². The molecule has 0 radical (unpaired) electrons. The molecule has 0 aliphatic carbocycles. The minimum Gasteiger partial charge on any atom is -0.399 e. The summed E-state index contributed by atoms with van der Waals surface area (Å²) in [5, 5.41) is 0.668. The van der Waals surface area contributed by atoms with E-state index >= 15 is 0 Å². The molecule has 5 nitrogen and oxygen atoms in total. The Morgan fingerprint density at radius 2 is 2.04 bits per heavy atom. The van der Waals surface area contributed by atoms with E-state index in [0.29, 0.717) is 10.7 Å². The second-order valence-electron chi connectivity index (χ2n) is 5.69. The lowest BCUT2D eigenvalue weighted by Gasteiger charge is -2.09. The number of aromatic nitrogens is 3. The van der Waals surface area contributed by atoms with Crippen molar-refractivity contribution >= 4 is 46.0 Å². The lowest BCUT2D eigenvalue weighted by atomic mass is 10.0. The van der Waals surface area contributed by atoms with Crippen LogP contribution >= 0.6 is 34.5 Å². The molecule has 3 rings (SSSR count). The molecule has 0 spiro atoms. The van der Waals surface area contributed by atoms with Crippen LogP contribution in [0.25, 0.3) is 28.3 Å². The van der Waals surface area contributed by atoms with E-state index < -0.39 is 0 Å². The first-order chi connectivity index (χ1) is 11.9. The van der Waals surface area contributed by atoms with Crippen LogP contribution in [0.3, 0.4) is 0 Å². The summed E-state index contributed by atoms with van der Waals surface area (Å²) >= 11 is 8.35. The third-order valence-corrected chi connectivity index (χ3v) is 4.61. The minimum absolute atomic E-state index is 0.483. The Bertz CT molecular complexity index is 948. The van der Waals surface area contributed by atoms with Crippen molar-refractivity contribution in [1.29, 1.82) is 0 Å². The van der Waals surface area contributed by atoms with Crippen molar-refractivity contribution in [3.63, 3.8) is 0 Å². The van der Waals surface area contributed by atoms with E-state index in [1.807, 2.05) is 47.4 Å². The average Bonchev–Trinajstić information content (AvgIpc) is 3.02. The summed E-state index contributed by atoms with van der Waals surface area (Å²) in [6.07, 6.45) is 1.54. The third kappa shape index (κ3) is 3.64. The van der Waals surface area contributed by atoms with Gasteiger partial charge in [-0.1, -0.05) is 24.2 Å². The van der Waals surface area contributed by atoms with Gasteiger partial charge in [0.2, 0.25) is 0 Å². The number of nitrogens with zero attached hydrogens (tertiary/aromatic N) is 3. The molecule has 0 saturated carbocycles. The lowest BCUT2D eigenvalue weighted by Crippen LogP contribution is -2.02. The second-order valence-corrected chi connectivity index (χ2v) is 7.58. The van der Waals surface area contributed by atoms with Gasteiger partial charge in [-0.3, -0.25) is 0 Å². The van der Waals surface area contributed by atoms with Gasteiger partial charge in [-0.15, -0.1) is 0 Å². The predicted molar refractivity (Wildman–Crippen MR) is 113 cm³/mol. The van der Waals surface area contributed by atoms with Crippen LogP contribution < -0.4 is 8.85 Å². The molecule has 2 heterocycles. The number of hydrogen-bond acceptors (Lipinski definition) is 4. The molecule has 0 saturated heterocycles. The van der Waals surface area contributed by atoms with E-state index in [1.165, 1.54) is 0 Å². The number of hydrogen-bond donors (Lipinski definition) is 2. The number of aromatic amines is 1. The van der Waals surface area contributed by atoms with Crippen molar-refractivity contribution < 1.29 is 0 Å². The first-order valence-electron chi connectivity index (χ1n) is 7.53. The van der Waals surface area contributed by atoms with Gasteiger partial charge < -0.3 is 13.8 Å². The van der Waals surface area contributed by atoms with Gasteiger partial charge in [-0.05, 0) is 30.7 Å². The minimum atomic E-state index is 0.483. The predicted octanol–water partition coefficient (Wildman–Crippen LogP) is 4.82. The molecule has 3 N–H and O–H groups in total. The SMILES string of the molecule is C=C(N)c1cc(-c2cc(N(C)I)ncn2)[nH]c1-c1cc(Cl)ccc1C. The van der Waals surface area contributed by atoms with Gasteiger partial charge in [0, 0.05) is 35.0 Å². The number of nitrogens with two attached hydrogens (primary N) is 1. The van der Waals surface area contributed by atoms with Crippen molar-refractivity contribution in [3.8, 4) is 22.6 Å². The quantitative estimate of drug-likeness (QED) is 0.428. The van der Waals surface area contributed by atoms with Crippen molar-refractivity contribution in [2.45, 2.75) is 6.92 Å². The molecule has 3 aromatic rings. The highest BCUT2D eigenvalue weighted by Gasteiger charge is 2.16. The first-order valence-corrected chi connectivity index (χ1v) is 8.87. The molecule has 1 aromatic carbocycles. The fourth-order valence-corrected chi connectivity index (χ4v) is 3.02. The molecular weight excluding hydrogens is 449 g/mol.